The van der Waals surface area contributed by atoms with Crippen LogP contribution in [-0.4, -0.2) is 60.4 Å². The number of amides is 2. The van der Waals surface area contributed by atoms with Gasteiger partial charge in [0.25, 0.3) is 5.91 Å². The second-order valence-corrected chi connectivity index (χ2v) is 6.85. The Labute approximate surface area is 144 Å². The Morgan fingerprint density at radius 1 is 1.08 bits per heavy atom. The third kappa shape index (κ3) is 3.96. The molecule has 2 fully saturated rings. The molecule has 0 atom stereocenters. The molecule has 1 aromatic carbocycles. The number of hydrogen-bond acceptors (Lipinski definition) is 3. The molecule has 2 amide bonds. The minimum Gasteiger partial charge on any atom is -0.343 e. The topological polar surface area (TPSA) is 52.7 Å². The van der Waals surface area contributed by atoms with Crippen molar-refractivity contribution in [3.63, 3.8) is 0 Å². The van der Waals surface area contributed by atoms with E-state index in [0.717, 1.165) is 31.5 Å². The van der Waals surface area contributed by atoms with Gasteiger partial charge in [-0.3, -0.25) is 9.59 Å². The van der Waals surface area contributed by atoms with Gasteiger partial charge in [-0.25, -0.2) is 0 Å². The minimum atomic E-state index is -0.173. The van der Waals surface area contributed by atoms with E-state index in [9.17, 15) is 9.59 Å². The van der Waals surface area contributed by atoms with Crippen LogP contribution in [0.15, 0.2) is 24.3 Å². The van der Waals surface area contributed by atoms with Gasteiger partial charge in [0.05, 0.1) is 6.54 Å². The van der Waals surface area contributed by atoms with Crippen LogP contribution in [0.2, 0.25) is 0 Å². The molecule has 0 unspecified atom stereocenters. The van der Waals surface area contributed by atoms with Crippen LogP contribution in [0.5, 0.6) is 0 Å². The van der Waals surface area contributed by atoms with Crippen LogP contribution in [0.4, 0.5) is 0 Å². The van der Waals surface area contributed by atoms with E-state index in [-0.39, 0.29) is 18.4 Å². The first-order chi connectivity index (χ1) is 11.6. The molecule has 5 nitrogen and oxygen atoms in total. The molecule has 2 aliphatic rings. The number of hydrogen-bond donors (Lipinski definition) is 1. The zero-order valence-corrected chi connectivity index (χ0v) is 14.5. The molecule has 1 aromatic rings. The second-order valence-electron chi connectivity index (χ2n) is 6.85. The molecule has 3 rings (SSSR count). The van der Waals surface area contributed by atoms with E-state index >= 15 is 0 Å². The molecule has 1 N–H and O–H groups in total. The van der Waals surface area contributed by atoms with Crippen molar-refractivity contribution in [1.29, 1.82) is 0 Å². The lowest BCUT2D eigenvalue weighted by Gasteiger charge is -2.36. The first-order valence-electron chi connectivity index (χ1n) is 9.01. The van der Waals surface area contributed by atoms with Crippen molar-refractivity contribution in [2.24, 2.45) is 0 Å². The fraction of sp³-hybridized carbons (Fsp3) is 0.579. The number of carbonyl (C=O) groups excluding carboxylic acids is 2. The number of rotatable bonds is 4. The summed E-state index contributed by atoms with van der Waals surface area (Å²) in [4.78, 5) is 29.0. The highest BCUT2D eigenvalue weighted by atomic mass is 16.2. The number of likely N-dealkylation sites (tertiary alicyclic amines) is 2. The Balaban J connectivity index is 1.44. The van der Waals surface area contributed by atoms with Gasteiger partial charge in [-0.2, -0.15) is 0 Å². The Morgan fingerprint density at radius 2 is 1.75 bits per heavy atom. The van der Waals surface area contributed by atoms with Crippen LogP contribution in [0.1, 0.15) is 41.6 Å². The smallest absolute Gasteiger partial charge is 0.251 e. The largest absolute Gasteiger partial charge is 0.343 e. The van der Waals surface area contributed by atoms with Gasteiger partial charge in [0.15, 0.2) is 0 Å². The molecule has 0 radical (unpaired) electrons. The summed E-state index contributed by atoms with van der Waals surface area (Å²) in [6.07, 6.45) is 4.73. The van der Waals surface area contributed by atoms with Crippen molar-refractivity contribution in [3.8, 4) is 0 Å². The summed E-state index contributed by atoms with van der Waals surface area (Å²) >= 11 is 0. The molecule has 130 valence electrons. The monoisotopic (exact) mass is 329 g/mol. The number of nitrogens with one attached hydrogen (secondary N) is 1. The molecule has 0 aliphatic carbocycles. The van der Waals surface area contributed by atoms with Gasteiger partial charge in [0.1, 0.15) is 0 Å². The van der Waals surface area contributed by atoms with Gasteiger partial charge in [0.2, 0.25) is 5.91 Å². The van der Waals surface area contributed by atoms with Crippen molar-refractivity contribution in [2.45, 2.75) is 38.6 Å². The lowest BCUT2D eigenvalue weighted by Crippen LogP contribution is -2.48. The normalized spacial score (nSPS) is 19.5. The number of piperidine rings is 1. The first kappa shape index (κ1) is 17.0. The van der Waals surface area contributed by atoms with Gasteiger partial charge in [-0.15, -0.1) is 0 Å². The fourth-order valence-corrected chi connectivity index (χ4v) is 3.78. The average molecular weight is 329 g/mol. The molecular formula is C19H27N3O2. The lowest BCUT2D eigenvalue weighted by atomic mass is 10.0. The van der Waals surface area contributed by atoms with E-state index in [4.69, 9.17) is 0 Å². The molecule has 24 heavy (non-hydrogen) atoms. The molecule has 5 heteroatoms. The zero-order valence-electron chi connectivity index (χ0n) is 14.5. The van der Waals surface area contributed by atoms with E-state index in [2.05, 4.69) is 10.2 Å². The van der Waals surface area contributed by atoms with Crippen LogP contribution < -0.4 is 5.32 Å². The number of benzene rings is 1. The quantitative estimate of drug-likeness (QED) is 0.917. The Kier molecular flexibility index (Phi) is 5.51. The van der Waals surface area contributed by atoms with Gasteiger partial charge in [-0.1, -0.05) is 18.2 Å². The van der Waals surface area contributed by atoms with Gasteiger partial charge in [-0.05, 0) is 57.3 Å². The summed E-state index contributed by atoms with van der Waals surface area (Å²) < 4.78 is 0. The summed E-state index contributed by atoms with van der Waals surface area (Å²) in [6, 6.07) is 8.07. The van der Waals surface area contributed by atoms with Crippen molar-refractivity contribution in [2.75, 3.05) is 32.7 Å². The van der Waals surface area contributed by atoms with Crippen LogP contribution in [0.3, 0.4) is 0 Å². The van der Waals surface area contributed by atoms with E-state index in [0.29, 0.717) is 11.6 Å². The average Bonchev–Trinajstić information content (AvgIpc) is 3.14. The highest BCUT2D eigenvalue weighted by molar-refractivity contribution is 5.97. The Hall–Kier alpha value is -1.88. The van der Waals surface area contributed by atoms with E-state index in [1.165, 1.54) is 25.9 Å². The second kappa shape index (κ2) is 7.79. The van der Waals surface area contributed by atoms with Gasteiger partial charge in [0, 0.05) is 24.7 Å². The maximum atomic E-state index is 12.3. The molecule has 0 bridgehead atoms. The molecular weight excluding hydrogens is 302 g/mol. The molecule has 0 aromatic heterocycles. The molecule has 0 saturated carbocycles. The van der Waals surface area contributed by atoms with Crippen LogP contribution in [0.25, 0.3) is 0 Å². The van der Waals surface area contributed by atoms with E-state index in [1.54, 1.807) is 6.07 Å². The zero-order chi connectivity index (χ0) is 16.9. The summed E-state index contributed by atoms with van der Waals surface area (Å²) in [7, 11) is 0. The number of aryl methyl sites for hydroxylation is 1. The number of nitrogens with zero attached hydrogens (tertiary/aromatic N) is 2. The maximum absolute atomic E-state index is 12.3. The van der Waals surface area contributed by atoms with Crippen molar-refractivity contribution in [3.05, 3.63) is 35.4 Å². The lowest BCUT2D eigenvalue weighted by molar-refractivity contribution is -0.131. The molecule has 2 heterocycles. The molecule has 2 aliphatic heterocycles. The minimum absolute atomic E-state index is 0.0248. The number of carbonyl (C=O) groups is 2. The Morgan fingerprint density at radius 3 is 2.42 bits per heavy atom. The highest BCUT2D eigenvalue weighted by Crippen LogP contribution is 2.21. The summed E-state index contributed by atoms with van der Waals surface area (Å²) in [5.74, 6) is -0.148. The summed E-state index contributed by atoms with van der Waals surface area (Å²) in [6.45, 7) is 6.03. The van der Waals surface area contributed by atoms with E-state index in [1.807, 2.05) is 30.0 Å². The van der Waals surface area contributed by atoms with Crippen LogP contribution in [-0.2, 0) is 4.79 Å². The SMILES string of the molecule is Cc1ccccc1C(=O)NCC(=O)N1CCC(N2CCCC2)CC1. The highest BCUT2D eigenvalue weighted by Gasteiger charge is 2.28. The predicted octanol–water partition coefficient (Wildman–Crippen LogP) is 1.81. The molecule has 2 saturated heterocycles. The fourth-order valence-electron chi connectivity index (χ4n) is 3.78. The standard InChI is InChI=1S/C19H27N3O2/c1-15-6-2-3-7-17(15)19(24)20-14-18(23)22-12-8-16(9-13-22)21-10-4-5-11-21/h2-3,6-7,16H,4-5,8-14H2,1H3,(H,20,24). The van der Waals surface area contributed by atoms with Crippen LogP contribution >= 0.6 is 0 Å². The first-order valence-corrected chi connectivity index (χ1v) is 9.01. The van der Waals surface area contributed by atoms with E-state index < -0.39 is 0 Å². The third-order valence-electron chi connectivity index (χ3n) is 5.26. The van der Waals surface area contributed by atoms with Crippen molar-refractivity contribution in [1.82, 2.24) is 15.1 Å². The third-order valence-corrected chi connectivity index (χ3v) is 5.26. The summed E-state index contributed by atoms with van der Waals surface area (Å²) in [5.41, 5.74) is 1.56. The maximum Gasteiger partial charge on any atom is 0.251 e. The van der Waals surface area contributed by atoms with Gasteiger partial charge < -0.3 is 15.1 Å². The van der Waals surface area contributed by atoms with Crippen LogP contribution in [0, 0.1) is 6.92 Å². The van der Waals surface area contributed by atoms with Crippen molar-refractivity contribution >= 4 is 11.8 Å². The molecule has 0 spiro atoms. The summed E-state index contributed by atoms with van der Waals surface area (Å²) in [5, 5.41) is 2.76. The van der Waals surface area contributed by atoms with Crippen molar-refractivity contribution < 1.29 is 9.59 Å². The Bertz CT molecular complexity index is 588. The predicted molar refractivity (Wildman–Crippen MR) is 93.9 cm³/mol. The van der Waals surface area contributed by atoms with Gasteiger partial charge >= 0.3 is 0 Å².